The molecule has 0 saturated carbocycles. The normalized spacial score (nSPS) is 11.5. The molecular formula is C57H36N4O. The van der Waals surface area contributed by atoms with Crippen molar-refractivity contribution in [2.45, 2.75) is 0 Å². The van der Waals surface area contributed by atoms with Crippen LogP contribution in [0.2, 0.25) is 0 Å². The highest BCUT2D eigenvalue weighted by Gasteiger charge is 2.18. The predicted octanol–water partition coefficient (Wildman–Crippen LogP) is 14.9. The van der Waals surface area contributed by atoms with Gasteiger partial charge >= 0.3 is 0 Å². The van der Waals surface area contributed by atoms with Gasteiger partial charge in [0.15, 0.2) is 17.5 Å². The molecule has 12 rings (SSSR count). The van der Waals surface area contributed by atoms with Gasteiger partial charge in [0.2, 0.25) is 0 Å². The van der Waals surface area contributed by atoms with Crippen molar-refractivity contribution >= 4 is 43.7 Å². The monoisotopic (exact) mass is 792 g/mol. The van der Waals surface area contributed by atoms with Crippen molar-refractivity contribution in [1.82, 2.24) is 19.5 Å². The Kier molecular flexibility index (Phi) is 8.42. The predicted molar refractivity (Wildman–Crippen MR) is 254 cm³/mol. The molecule has 3 aromatic heterocycles. The molecule has 290 valence electrons. The fourth-order valence-corrected chi connectivity index (χ4v) is 8.82. The summed E-state index contributed by atoms with van der Waals surface area (Å²) >= 11 is 0. The number of benzene rings is 9. The number of para-hydroxylation sites is 2. The SMILES string of the molecule is c1ccc(-c2cccc(-c3nc(-c4cccc(-c5ccccc5)c4)nc(-c4cccc(-n5c6ccccc6c6ccc(-c7ccc8oc9ccccc9c8c7)cc65)c4)n3)c2)cc1. The van der Waals surface area contributed by atoms with Crippen LogP contribution in [0.15, 0.2) is 223 Å². The van der Waals surface area contributed by atoms with Crippen LogP contribution in [0.4, 0.5) is 0 Å². The molecule has 0 aliphatic carbocycles. The summed E-state index contributed by atoms with van der Waals surface area (Å²) in [6.45, 7) is 0. The summed E-state index contributed by atoms with van der Waals surface area (Å²) in [6, 6.07) is 76.4. The van der Waals surface area contributed by atoms with Gasteiger partial charge in [-0.15, -0.1) is 0 Å². The van der Waals surface area contributed by atoms with E-state index in [1.807, 2.05) is 24.3 Å². The average molecular weight is 793 g/mol. The van der Waals surface area contributed by atoms with Gasteiger partial charge in [0.25, 0.3) is 0 Å². The van der Waals surface area contributed by atoms with Gasteiger partial charge in [0.1, 0.15) is 11.2 Å². The molecule has 12 aromatic rings. The highest BCUT2D eigenvalue weighted by Crippen LogP contribution is 2.38. The molecule has 0 aliphatic rings. The third-order valence-electron chi connectivity index (χ3n) is 11.8. The van der Waals surface area contributed by atoms with E-state index in [0.717, 1.165) is 88.7 Å². The largest absolute Gasteiger partial charge is 0.456 e. The molecule has 9 aromatic carbocycles. The van der Waals surface area contributed by atoms with Crippen molar-refractivity contribution in [1.29, 1.82) is 0 Å². The second kappa shape index (κ2) is 14.7. The van der Waals surface area contributed by atoms with Gasteiger partial charge in [0.05, 0.1) is 11.0 Å². The standard InChI is InChI=1S/C57H36N4O/c1-3-14-37(15-4-1)39-18-11-20-43(32-39)55-58-56(44-21-12-19-40(33-44)38-16-5-2-6-17-38)60-57(59-55)45-22-13-23-46(34-45)61-51-26-9-7-24-47(51)48-30-28-42(36-52(48)61)41-29-31-54-50(35-41)49-25-8-10-27-53(49)62-54/h1-36H. The molecule has 0 aliphatic heterocycles. The Morgan fingerprint density at radius 2 is 0.742 bits per heavy atom. The van der Waals surface area contributed by atoms with Crippen LogP contribution in [0.3, 0.4) is 0 Å². The zero-order chi connectivity index (χ0) is 41.0. The van der Waals surface area contributed by atoms with E-state index >= 15 is 0 Å². The van der Waals surface area contributed by atoms with Gasteiger partial charge in [-0.1, -0.05) is 164 Å². The van der Waals surface area contributed by atoms with Gasteiger partial charge in [-0.05, 0) is 88.0 Å². The summed E-state index contributed by atoms with van der Waals surface area (Å²) < 4.78 is 8.53. The van der Waals surface area contributed by atoms with E-state index in [4.69, 9.17) is 19.4 Å². The Morgan fingerprint density at radius 1 is 0.274 bits per heavy atom. The summed E-state index contributed by atoms with van der Waals surface area (Å²) in [6.07, 6.45) is 0. The number of aromatic nitrogens is 4. The van der Waals surface area contributed by atoms with Crippen LogP contribution >= 0.6 is 0 Å². The van der Waals surface area contributed by atoms with Crippen molar-refractivity contribution in [3.8, 4) is 73.2 Å². The van der Waals surface area contributed by atoms with E-state index in [2.05, 4.69) is 199 Å². The molecule has 0 N–H and O–H groups in total. The minimum atomic E-state index is 0.601. The van der Waals surface area contributed by atoms with Crippen molar-refractivity contribution in [2.24, 2.45) is 0 Å². The van der Waals surface area contributed by atoms with Crippen LogP contribution in [-0.4, -0.2) is 19.5 Å². The maximum Gasteiger partial charge on any atom is 0.164 e. The molecule has 0 atom stereocenters. The highest BCUT2D eigenvalue weighted by atomic mass is 16.3. The molecule has 5 heteroatoms. The lowest BCUT2D eigenvalue weighted by molar-refractivity contribution is 0.669. The van der Waals surface area contributed by atoms with Crippen LogP contribution in [0.25, 0.3) is 117 Å². The van der Waals surface area contributed by atoms with Crippen LogP contribution in [0.1, 0.15) is 0 Å². The third-order valence-corrected chi connectivity index (χ3v) is 11.8. The summed E-state index contributed by atoms with van der Waals surface area (Å²) in [7, 11) is 0. The summed E-state index contributed by atoms with van der Waals surface area (Å²) in [5.41, 5.74) is 14.5. The molecule has 0 saturated heterocycles. The maximum atomic E-state index is 6.17. The molecule has 62 heavy (non-hydrogen) atoms. The van der Waals surface area contributed by atoms with Crippen molar-refractivity contribution in [3.63, 3.8) is 0 Å². The smallest absolute Gasteiger partial charge is 0.164 e. The molecule has 0 bridgehead atoms. The molecule has 3 heterocycles. The Balaban J connectivity index is 1.02. The summed E-state index contributed by atoms with van der Waals surface area (Å²) in [5, 5.41) is 4.61. The zero-order valence-corrected chi connectivity index (χ0v) is 33.5. The van der Waals surface area contributed by atoms with Gasteiger partial charge in [-0.25, -0.2) is 15.0 Å². The maximum absolute atomic E-state index is 6.17. The van der Waals surface area contributed by atoms with E-state index in [1.54, 1.807) is 0 Å². The molecule has 0 spiro atoms. The summed E-state index contributed by atoms with van der Waals surface area (Å²) in [5.74, 6) is 1.83. The number of furan rings is 1. The average Bonchev–Trinajstić information content (AvgIpc) is 3.89. The number of fused-ring (bicyclic) bond motifs is 6. The first-order valence-electron chi connectivity index (χ1n) is 20.8. The van der Waals surface area contributed by atoms with Crippen LogP contribution in [0.5, 0.6) is 0 Å². The molecule has 0 amide bonds. The van der Waals surface area contributed by atoms with Crippen LogP contribution in [-0.2, 0) is 0 Å². The van der Waals surface area contributed by atoms with E-state index in [-0.39, 0.29) is 0 Å². The first-order chi connectivity index (χ1) is 30.7. The van der Waals surface area contributed by atoms with Crippen LogP contribution < -0.4 is 0 Å². The third kappa shape index (κ3) is 6.23. The number of nitrogens with zero attached hydrogens (tertiary/aromatic N) is 4. The van der Waals surface area contributed by atoms with Gasteiger partial charge in [-0.2, -0.15) is 0 Å². The molecule has 0 unspecified atom stereocenters. The molecule has 0 fully saturated rings. The second-order valence-corrected chi connectivity index (χ2v) is 15.6. The number of rotatable bonds is 7. The number of hydrogen-bond donors (Lipinski definition) is 0. The van der Waals surface area contributed by atoms with Crippen molar-refractivity contribution in [3.05, 3.63) is 218 Å². The lowest BCUT2D eigenvalue weighted by Gasteiger charge is -2.13. The second-order valence-electron chi connectivity index (χ2n) is 15.6. The lowest BCUT2D eigenvalue weighted by Crippen LogP contribution is -2.01. The number of hydrogen-bond acceptors (Lipinski definition) is 4. The minimum absolute atomic E-state index is 0.601. The van der Waals surface area contributed by atoms with Crippen molar-refractivity contribution < 1.29 is 4.42 Å². The highest BCUT2D eigenvalue weighted by molar-refractivity contribution is 6.11. The molecular weight excluding hydrogens is 757 g/mol. The fourth-order valence-electron chi connectivity index (χ4n) is 8.82. The Morgan fingerprint density at radius 3 is 1.42 bits per heavy atom. The van der Waals surface area contributed by atoms with Gasteiger partial charge in [0, 0.05) is 43.9 Å². The van der Waals surface area contributed by atoms with Crippen LogP contribution in [0, 0.1) is 0 Å². The Labute approximate surface area is 357 Å². The van der Waals surface area contributed by atoms with E-state index < -0.39 is 0 Å². The van der Waals surface area contributed by atoms with E-state index in [0.29, 0.717) is 17.5 Å². The van der Waals surface area contributed by atoms with Crippen molar-refractivity contribution in [2.75, 3.05) is 0 Å². The Bertz CT molecular complexity index is 3540. The first-order valence-corrected chi connectivity index (χ1v) is 20.8. The topological polar surface area (TPSA) is 56.7 Å². The minimum Gasteiger partial charge on any atom is -0.456 e. The molecule has 5 nitrogen and oxygen atoms in total. The van der Waals surface area contributed by atoms with Gasteiger partial charge in [-0.3, -0.25) is 0 Å². The molecule has 0 radical (unpaired) electrons. The Hall–Kier alpha value is -8.41. The summed E-state index contributed by atoms with van der Waals surface area (Å²) in [4.78, 5) is 15.6. The lowest BCUT2D eigenvalue weighted by atomic mass is 10.0. The fraction of sp³-hybridized carbons (Fsp3) is 0. The first kappa shape index (κ1) is 35.5. The van der Waals surface area contributed by atoms with E-state index in [1.165, 1.54) is 10.8 Å². The van der Waals surface area contributed by atoms with E-state index in [9.17, 15) is 0 Å². The quantitative estimate of drug-likeness (QED) is 0.161. The zero-order valence-electron chi connectivity index (χ0n) is 33.5. The van der Waals surface area contributed by atoms with Gasteiger partial charge < -0.3 is 8.98 Å².